The summed E-state index contributed by atoms with van der Waals surface area (Å²) in [6.07, 6.45) is 0.631. The Labute approximate surface area is 110 Å². The van der Waals surface area contributed by atoms with Crippen LogP contribution in [0.1, 0.15) is 20.3 Å². The maximum absolute atomic E-state index is 10.8. The van der Waals surface area contributed by atoms with E-state index in [1.807, 2.05) is 13.8 Å². The second kappa shape index (κ2) is 7.17. The van der Waals surface area contributed by atoms with Crippen LogP contribution in [0.15, 0.2) is 17.2 Å². The van der Waals surface area contributed by atoms with Gasteiger partial charge in [0.2, 0.25) is 0 Å². The predicted octanol–water partition coefficient (Wildman–Crippen LogP) is 2.28. The van der Waals surface area contributed by atoms with E-state index in [9.17, 15) is 10.1 Å². The molecule has 0 radical (unpaired) electrons. The number of aliphatic hydroxyl groups excluding tert-OH is 1. The van der Waals surface area contributed by atoms with Crippen LogP contribution >= 0.6 is 11.8 Å². The van der Waals surface area contributed by atoms with Crippen molar-refractivity contribution in [3.05, 3.63) is 22.2 Å². The van der Waals surface area contributed by atoms with Crippen molar-refractivity contribution >= 4 is 23.3 Å². The Bertz CT molecular complexity index is 415. The number of nitrogens with one attached hydrogen (secondary N) is 1. The summed E-state index contributed by atoms with van der Waals surface area (Å²) in [5, 5.41) is 23.4. The molecule has 1 unspecified atom stereocenters. The summed E-state index contributed by atoms with van der Waals surface area (Å²) in [6, 6.07) is 2.88. The predicted molar refractivity (Wildman–Crippen MR) is 72.1 cm³/mol. The molecular weight excluding hydrogens is 254 g/mol. The first-order valence-electron chi connectivity index (χ1n) is 5.74. The van der Waals surface area contributed by atoms with E-state index in [1.165, 1.54) is 23.9 Å². The number of hydrogen-bond acceptors (Lipinski definition) is 6. The average Bonchev–Trinajstić information content (AvgIpc) is 2.29. The zero-order chi connectivity index (χ0) is 13.5. The second-order valence-electron chi connectivity index (χ2n) is 3.78. The fraction of sp³-hybridized carbons (Fsp3) is 0.545. The minimum Gasteiger partial charge on any atom is -0.396 e. The van der Waals surface area contributed by atoms with Crippen LogP contribution in [0.4, 0.5) is 11.5 Å². The van der Waals surface area contributed by atoms with Gasteiger partial charge in [-0.15, -0.1) is 11.8 Å². The third-order valence-corrected chi connectivity index (χ3v) is 3.30. The van der Waals surface area contributed by atoms with Crippen LogP contribution in [0.3, 0.4) is 0 Å². The number of hydrogen-bond donors (Lipinski definition) is 2. The molecule has 0 aliphatic carbocycles. The Morgan fingerprint density at radius 1 is 1.61 bits per heavy atom. The molecule has 1 heterocycles. The van der Waals surface area contributed by atoms with Crippen LogP contribution in [-0.2, 0) is 0 Å². The third-order valence-electron chi connectivity index (χ3n) is 2.21. The van der Waals surface area contributed by atoms with Crippen molar-refractivity contribution in [2.24, 2.45) is 0 Å². The molecule has 0 fully saturated rings. The van der Waals surface area contributed by atoms with Gasteiger partial charge in [0.05, 0.1) is 11.0 Å². The lowest BCUT2D eigenvalue weighted by Gasteiger charge is -2.10. The van der Waals surface area contributed by atoms with Crippen LogP contribution in [0, 0.1) is 10.1 Å². The minimum absolute atomic E-state index is 0.0275. The minimum atomic E-state index is -0.427. The first-order valence-corrected chi connectivity index (χ1v) is 6.62. The van der Waals surface area contributed by atoms with E-state index in [0.717, 1.165) is 0 Å². The van der Waals surface area contributed by atoms with Crippen molar-refractivity contribution in [3.63, 3.8) is 0 Å². The summed E-state index contributed by atoms with van der Waals surface area (Å²) in [7, 11) is 0. The van der Waals surface area contributed by atoms with Crippen molar-refractivity contribution in [1.29, 1.82) is 0 Å². The highest BCUT2D eigenvalue weighted by Crippen LogP contribution is 2.28. The Kier molecular flexibility index (Phi) is 5.87. The Morgan fingerprint density at radius 3 is 2.89 bits per heavy atom. The summed E-state index contributed by atoms with van der Waals surface area (Å²) in [5.74, 6) is 0.505. The van der Waals surface area contributed by atoms with Gasteiger partial charge in [-0.05, 0) is 13.3 Å². The molecule has 0 spiro atoms. The van der Waals surface area contributed by atoms with Gasteiger partial charge in [-0.1, -0.05) is 6.92 Å². The Balaban J connectivity index is 2.91. The van der Waals surface area contributed by atoms with Crippen LogP contribution in [0.25, 0.3) is 0 Å². The topological polar surface area (TPSA) is 88.3 Å². The number of pyridine rings is 1. The molecule has 1 aromatic rings. The highest BCUT2D eigenvalue weighted by molar-refractivity contribution is 7.99. The molecule has 0 aromatic carbocycles. The molecule has 0 saturated heterocycles. The lowest BCUT2D eigenvalue weighted by molar-refractivity contribution is -0.385. The van der Waals surface area contributed by atoms with E-state index in [1.54, 1.807) is 0 Å². The van der Waals surface area contributed by atoms with Crippen LogP contribution in [0.5, 0.6) is 0 Å². The zero-order valence-electron chi connectivity index (χ0n) is 10.4. The number of nitrogens with zero attached hydrogens (tertiary/aromatic N) is 2. The van der Waals surface area contributed by atoms with Gasteiger partial charge >= 0.3 is 0 Å². The molecule has 0 bridgehead atoms. The second-order valence-corrected chi connectivity index (χ2v) is 5.24. The first kappa shape index (κ1) is 14.7. The van der Waals surface area contributed by atoms with Gasteiger partial charge in [0.25, 0.3) is 5.69 Å². The molecule has 0 amide bonds. The Morgan fingerprint density at radius 2 is 2.33 bits per heavy atom. The molecule has 100 valence electrons. The lowest BCUT2D eigenvalue weighted by Crippen LogP contribution is -2.04. The van der Waals surface area contributed by atoms with E-state index in [0.29, 0.717) is 23.8 Å². The van der Waals surface area contributed by atoms with Gasteiger partial charge in [-0.25, -0.2) is 4.98 Å². The van der Waals surface area contributed by atoms with Crippen molar-refractivity contribution in [2.45, 2.75) is 30.5 Å². The summed E-state index contributed by atoms with van der Waals surface area (Å²) in [6.45, 7) is 4.61. The van der Waals surface area contributed by atoms with Crippen molar-refractivity contribution in [1.82, 2.24) is 4.98 Å². The number of rotatable bonds is 7. The van der Waals surface area contributed by atoms with Crippen molar-refractivity contribution in [3.8, 4) is 0 Å². The van der Waals surface area contributed by atoms with E-state index < -0.39 is 4.92 Å². The smallest absolute Gasteiger partial charge is 0.275 e. The molecule has 6 nitrogen and oxygen atoms in total. The molecule has 1 aromatic heterocycles. The highest BCUT2D eigenvalue weighted by atomic mass is 32.2. The molecule has 7 heteroatoms. The van der Waals surface area contributed by atoms with Crippen LogP contribution in [-0.4, -0.2) is 33.4 Å². The quantitative estimate of drug-likeness (QED) is 0.449. The number of anilines is 1. The van der Waals surface area contributed by atoms with Gasteiger partial charge in [0, 0.05) is 24.5 Å². The van der Waals surface area contributed by atoms with E-state index >= 15 is 0 Å². The monoisotopic (exact) mass is 271 g/mol. The lowest BCUT2D eigenvalue weighted by atomic mass is 10.3. The van der Waals surface area contributed by atoms with E-state index in [2.05, 4.69) is 10.3 Å². The summed E-state index contributed by atoms with van der Waals surface area (Å²) in [4.78, 5) is 14.7. The zero-order valence-corrected chi connectivity index (χ0v) is 11.2. The standard InChI is InChI=1S/C11H17N3O3S/c1-3-12-10-6-9(14(16)17)7-11(13-10)18-8(2)4-5-15/h6-8,15H,3-5H2,1-2H3,(H,12,13). The number of aliphatic hydroxyl groups is 1. The Hall–Kier alpha value is -1.34. The van der Waals surface area contributed by atoms with Gasteiger partial charge in [0.1, 0.15) is 10.8 Å². The summed E-state index contributed by atoms with van der Waals surface area (Å²) >= 11 is 1.42. The van der Waals surface area contributed by atoms with Gasteiger partial charge in [0.15, 0.2) is 0 Å². The summed E-state index contributed by atoms with van der Waals surface area (Å²) < 4.78 is 0. The molecule has 1 rings (SSSR count). The largest absolute Gasteiger partial charge is 0.396 e. The molecule has 18 heavy (non-hydrogen) atoms. The maximum atomic E-state index is 10.8. The molecular formula is C11H17N3O3S. The first-order chi connectivity index (χ1) is 8.56. The van der Waals surface area contributed by atoms with Crippen LogP contribution in [0.2, 0.25) is 0 Å². The normalized spacial score (nSPS) is 12.2. The van der Waals surface area contributed by atoms with Crippen molar-refractivity contribution in [2.75, 3.05) is 18.5 Å². The average molecular weight is 271 g/mol. The fourth-order valence-corrected chi connectivity index (χ4v) is 2.35. The number of nitro groups is 1. The van der Waals surface area contributed by atoms with Gasteiger partial charge in [-0.2, -0.15) is 0 Å². The highest BCUT2D eigenvalue weighted by Gasteiger charge is 2.13. The van der Waals surface area contributed by atoms with Crippen LogP contribution < -0.4 is 5.32 Å². The fourth-order valence-electron chi connectivity index (χ4n) is 1.38. The molecule has 0 aliphatic heterocycles. The van der Waals surface area contributed by atoms with E-state index in [-0.39, 0.29) is 17.5 Å². The third kappa shape index (κ3) is 4.50. The molecule has 0 aliphatic rings. The van der Waals surface area contributed by atoms with E-state index in [4.69, 9.17) is 5.11 Å². The maximum Gasteiger partial charge on any atom is 0.275 e. The number of thioether (sulfide) groups is 1. The SMILES string of the molecule is CCNc1cc([N+](=O)[O-])cc(SC(C)CCO)n1. The molecule has 1 atom stereocenters. The summed E-state index contributed by atoms with van der Waals surface area (Å²) in [5.41, 5.74) is 0.0275. The van der Waals surface area contributed by atoms with Crippen molar-refractivity contribution < 1.29 is 10.0 Å². The van der Waals surface area contributed by atoms with Gasteiger partial charge in [-0.3, -0.25) is 10.1 Å². The van der Waals surface area contributed by atoms with Gasteiger partial charge < -0.3 is 10.4 Å². The number of aromatic nitrogens is 1. The molecule has 2 N–H and O–H groups in total. The molecule has 0 saturated carbocycles.